The lowest BCUT2D eigenvalue weighted by Gasteiger charge is -2.36. The van der Waals surface area contributed by atoms with Gasteiger partial charge in [-0.1, -0.05) is 19.1 Å². The highest BCUT2D eigenvalue weighted by atomic mass is 127. The maximum Gasteiger partial charge on any atom is 0.205 e. The summed E-state index contributed by atoms with van der Waals surface area (Å²) in [5, 5.41) is 4.48. The summed E-state index contributed by atoms with van der Waals surface area (Å²) in [6.07, 6.45) is 1.79. The van der Waals surface area contributed by atoms with Gasteiger partial charge in [0.05, 0.1) is 6.61 Å². The Kier molecular flexibility index (Phi) is 10.6. The Hall–Kier alpha value is -1.62. The van der Waals surface area contributed by atoms with Gasteiger partial charge in [-0.15, -0.1) is 24.0 Å². The predicted molar refractivity (Wildman–Crippen MR) is 136 cm³/mol. The molecule has 9 heteroatoms. The monoisotopic (exact) mass is 544 g/mol. The van der Waals surface area contributed by atoms with Gasteiger partial charge >= 0.3 is 0 Å². The van der Waals surface area contributed by atoms with Crippen LogP contribution < -0.4 is 15.0 Å². The van der Waals surface area contributed by atoms with Gasteiger partial charge in [0.15, 0.2) is 5.96 Å². The molecule has 1 aliphatic rings. The third-order valence-corrected chi connectivity index (χ3v) is 5.64. The summed E-state index contributed by atoms with van der Waals surface area (Å²) in [7, 11) is 0. The molecular formula is C21H33IN6OS. The van der Waals surface area contributed by atoms with E-state index in [0.29, 0.717) is 6.61 Å². The second-order valence-corrected chi connectivity index (χ2v) is 7.62. The average Bonchev–Trinajstić information content (AvgIpc) is 3.23. The molecule has 1 aromatic carbocycles. The zero-order valence-corrected chi connectivity index (χ0v) is 21.3. The molecule has 1 aromatic heterocycles. The highest BCUT2D eigenvalue weighted by Crippen LogP contribution is 2.19. The van der Waals surface area contributed by atoms with Gasteiger partial charge in [0, 0.05) is 57.2 Å². The van der Waals surface area contributed by atoms with Gasteiger partial charge < -0.3 is 19.9 Å². The van der Waals surface area contributed by atoms with Crippen molar-refractivity contribution in [1.82, 2.24) is 19.6 Å². The van der Waals surface area contributed by atoms with Gasteiger partial charge in [-0.25, -0.2) is 4.98 Å². The highest BCUT2D eigenvalue weighted by molar-refractivity contribution is 14.0. The van der Waals surface area contributed by atoms with Crippen LogP contribution in [0, 0.1) is 0 Å². The smallest absolute Gasteiger partial charge is 0.205 e. The van der Waals surface area contributed by atoms with Crippen molar-refractivity contribution in [3.63, 3.8) is 0 Å². The van der Waals surface area contributed by atoms with Gasteiger partial charge in [-0.05, 0) is 38.0 Å². The lowest BCUT2D eigenvalue weighted by atomic mass is 10.1. The predicted octanol–water partition coefficient (Wildman–Crippen LogP) is 3.45. The molecule has 1 aliphatic heterocycles. The number of aryl methyl sites for hydroxylation is 1. The first kappa shape index (κ1) is 24.6. The van der Waals surface area contributed by atoms with Crippen LogP contribution in [0.5, 0.6) is 5.75 Å². The second-order valence-electron chi connectivity index (χ2n) is 6.89. The van der Waals surface area contributed by atoms with E-state index in [-0.39, 0.29) is 24.0 Å². The second kappa shape index (κ2) is 12.9. The van der Waals surface area contributed by atoms with E-state index in [9.17, 15) is 0 Å². The number of rotatable bonds is 8. The Bertz CT molecular complexity index is 791. The summed E-state index contributed by atoms with van der Waals surface area (Å²) in [6, 6.07) is 8.29. The van der Waals surface area contributed by atoms with Gasteiger partial charge in [-0.3, -0.25) is 4.99 Å². The first-order chi connectivity index (χ1) is 14.2. The van der Waals surface area contributed by atoms with Crippen molar-refractivity contribution in [2.24, 2.45) is 4.99 Å². The molecule has 0 bridgehead atoms. The lowest BCUT2D eigenvalue weighted by Crippen LogP contribution is -2.52. The van der Waals surface area contributed by atoms with Crippen LogP contribution in [0.15, 0.2) is 29.3 Å². The molecule has 1 N–H and O–H groups in total. The van der Waals surface area contributed by atoms with E-state index in [1.165, 1.54) is 17.1 Å². The first-order valence-corrected chi connectivity index (χ1v) is 11.3. The minimum absolute atomic E-state index is 0. The fraction of sp³-hybridized carbons (Fsp3) is 0.571. The van der Waals surface area contributed by atoms with Gasteiger partial charge in [0.1, 0.15) is 11.6 Å². The molecule has 1 fully saturated rings. The van der Waals surface area contributed by atoms with Crippen LogP contribution >= 0.6 is 35.5 Å². The van der Waals surface area contributed by atoms with Crippen molar-refractivity contribution in [1.29, 1.82) is 0 Å². The molecule has 0 aliphatic carbocycles. The van der Waals surface area contributed by atoms with E-state index in [1.807, 2.05) is 19.1 Å². The normalized spacial score (nSPS) is 14.4. The van der Waals surface area contributed by atoms with Crippen molar-refractivity contribution in [3.05, 3.63) is 35.7 Å². The van der Waals surface area contributed by atoms with Crippen LogP contribution in [0.1, 0.15) is 32.2 Å². The third-order valence-electron chi connectivity index (χ3n) is 4.83. The summed E-state index contributed by atoms with van der Waals surface area (Å²) >= 11 is 1.51. The van der Waals surface area contributed by atoms with E-state index in [0.717, 1.165) is 74.8 Å². The van der Waals surface area contributed by atoms with E-state index in [1.54, 1.807) is 0 Å². The van der Waals surface area contributed by atoms with Crippen LogP contribution in [0.3, 0.4) is 0 Å². The summed E-state index contributed by atoms with van der Waals surface area (Å²) in [5.74, 6) is 2.87. The average molecular weight is 545 g/mol. The molecule has 7 nitrogen and oxygen atoms in total. The Morgan fingerprint density at radius 2 is 2.00 bits per heavy atom. The Balaban J connectivity index is 0.00000320. The number of anilines is 1. The number of nitrogens with one attached hydrogen (secondary N) is 1. The third kappa shape index (κ3) is 6.97. The standard InChI is InChI=1S/C21H32N6OS.HI/c1-4-19-24-21(29-25-19)27-14-12-26(13-15-27)20(22-5-2)23-11-10-17-8-7-9-18(16-17)28-6-3;/h7-9,16H,4-6,10-15H2,1-3H3,(H,22,23);1H. The summed E-state index contributed by atoms with van der Waals surface area (Å²) in [6.45, 7) is 12.3. The molecular weight excluding hydrogens is 511 g/mol. The molecule has 0 unspecified atom stereocenters. The maximum atomic E-state index is 5.59. The van der Waals surface area contributed by atoms with Crippen LogP contribution in [0.25, 0.3) is 0 Å². The van der Waals surface area contributed by atoms with Gasteiger partial charge in [0.25, 0.3) is 0 Å². The fourth-order valence-electron chi connectivity index (χ4n) is 3.30. The molecule has 0 radical (unpaired) electrons. The minimum Gasteiger partial charge on any atom is -0.494 e. The van der Waals surface area contributed by atoms with Crippen LogP contribution in [-0.2, 0) is 12.8 Å². The largest absolute Gasteiger partial charge is 0.494 e. The Morgan fingerprint density at radius 3 is 2.67 bits per heavy atom. The van der Waals surface area contributed by atoms with Crippen molar-refractivity contribution in [3.8, 4) is 5.75 Å². The quantitative estimate of drug-likeness (QED) is 0.312. The lowest BCUT2D eigenvalue weighted by molar-refractivity contribution is 0.340. The van der Waals surface area contributed by atoms with Gasteiger partial charge in [0.2, 0.25) is 5.13 Å². The molecule has 2 heterocycles. The number of ether oxygens (including phenoxy) is 1. The van der Waals surface area contributed by atoms with Crippen molar-refractivity contribution in [2.75, 3.05) is 50.8 Å². The molecule has 166 valence electrons. The minimum atomic E-state index is 0. The van der Waals surface area contributed by atoms with E-state index in [2.05, 4.69) is 50.5 Å². The number of nitrogens with zero attached hydrogens (tertiary/aromatic N) is 5. The fourth-order valence-corrected chi connectivity index (χ4v) is 4.10. The highest BCUT2D eigenvalue weighted by Gasteiger charge is 2.21. The number of guanidine groups is 1. The maximum absolute atomic E-state index is 5.59. The SMILES string of the molecule is CCNC(=NCCc1cccc(OCC)c1)N1CCN(c2nc(CC)ns2)CC1.I. The zero-order chi connectivity index (χ0) is 20.5. The molecule has 0 atom stereocenters. The van der Waals surface area contributed by atoms with Crippen molar-refractivity contribution < 1.29 is 4.74 Å². The number of aliphatic imine (C=N–C) groups is 1. The van der Waals surface area contributed by atoms with Gasteiger partial charge in [-0.2, -0.15) is 4.37 Å². The molecule has 2 aromatic rings. The van der Waals surface area contributed by atoms with Crippen LogP contribution in [-0.4, -0.2) is 66.1 Å². The molecule has 1 saturated heterocycles. The Morgan fingerprint density at radius 1 is 1.20 bits per heavy atom. The first-order valence-electron chi connectivity index (χ1n) is 10.6. The summed E-state index contributed by atoms with van der Waals surface area (Å²) in [4.78, 5) is 14.2. The number of benzene rings is 1. The van der Waals surface area contributed by atoms with Crippen LogP contribution in [0.2, 0.25) is 0 Å². The van der Waals surface area contributed by atoms with E-state index < -0.39 is 0 Å². The molecule has 3 rings (SSSR count). The molecule has 0 spiro atoms. The number of aromatic nitrogens is 2. The Labute approximate surface area is 201 Å². The molecule has 30 heavy (non-hydrogen) atoms. The number of piperazine rings is 1. The number of halogens is 1. The molecule has 0 amide bonds. The van der Waals surface area contributed by atoms with E-state index >= 15 is 0 Å². The summed E-state index contributed by atoms with van der Waals surface area (Å²) in [5.41, 5.74) is 1.25. The zero-order valence-electron chi connectivity index (χ0n) is 18.1. The van der Waals surface area contributed by atoms with E-state index in [4.69, 9.17) is 9.73 Å². The number of hydrogen-bond donors (Lipinski definition) is 1. The topological polar surface area (TPSA) is 65.9 Å². The van der Waals surface area contributed by atoms with Crippen molar-refractivity contribution >= 4 is 46.6 Å². The number of hydrogen-bond acceptors (Lipinski definition) is 6. The van der Waals surface area contributed by atoms with Crippen molar-refractivity contribution in [2.45, 2.75) is 33.6 Å². The summed E-state index contributed by atoms with van der Waals surface area (Å²) < 4.78 is 10.0. The van der Waals surface area contributed by atoms with Crippen LogP contribution in [0.4, 0.5) is 5.13 Å². The molecule has 0 saturated carbocycles.